The maximum absolute atomic E-state index is 14.7. The van der Waals surface area contributed by atoms with E-state index in [1.807, 2.05) is 0 Å². The average molecular weight is 468 g/mol. The third-order valence-electron chi connectivity index (χ3n) is 6.40. The number of benzene rings is 1. The van der Waals surface area contributed by atoms with Crippen LogP contribution in [0.3, 0.4) is 0 Å². The SMILES string of the molecule is CN(C)c1ncnc(NC2CCC(Oc3cc(N4CCOCC4)cc4nccnc34)CC2)c1F. The van der Waals surface area contributed by atoms with E-state index in [-0.39, 0.29) is 23.8 Å². The summed E-state index contributed by atoms with van der Waals surface area (Å²) in [5, 5.41) is 3.26. The third kappa shape index (κ3) is 4.82. The van der Waals surface area contributed by atoms with Gasteiger partial charge in [0.1, 0.15) is 17.6 Å². The number of hydrogen-bond donors (Lipinski definition) is 1. The topological polar surface area (TPSA) is 88.5 Å². The van der Waals surface area contributed by atoms with Gasteiger partial charge in [0.2, 0.25) is 5.82 Å². The Labute approximate surface area is 198 Å². The first-order valence-corrected chi connectivity index (χ1v) is 11.8. The predicted octanol–water partition coefficient (Wildman–Crippen LogP) is 3.26. The maximum Gasteiger partial charge on any atom is 0.207 e. The lowest BCUT2D eigenvalue weighted by atomic mass is 9.93. The zero-order chi connectivity index (χ0) is 23.5. The van der Waals surface area contributed by atoms with Crippen molar-refractivity contribution in [3.05, 3.63) is 36.7 Å². The van der Waals surface area contributed by atoms with Crippen molar-refractivity contribution in [1.82, 2.24) is 19.9 Å². The van der Waals surface area contributed by atoms with Gasteiger partial charge in [-0.25, -0.2) is 15.0 Å². The molecule has 180 valence electrons. The minimum absolute atomic E-state index is 0.0655. The maximum atomic E-state index is 14.7. The van der Waals surface area contributed by atoms with Gasteiger partial charge >= 0.3 is 0 Å². The standard InChI is InChI=1S/C24H30FN7O2/c1-31(2)24-21(25)23(28-15-29-24)30-16-3-5-18(6-4-16)34-20-14-17(32-9-11-33-12-10-32)13-19-22(20)27-8-7-26-19/h7-8,13-16,18H,3-6,9-12H2,1-2H3,(H,28,29,30). The van der Waals surface area contributed by atoms with Crippen molar-refractivity contribution >= 4 is 28.4 Å². The number of anilines is 3. The van der Waals surface area contributed by atoms with Gasteiger partial charge in [0.05, 0.1) is 24.8 Å². The Kier molecular flexibility index (Phi) is 6.57. The molecule has 0 amide bonds. The number of rotatable bonds is 6. The van der Waals surface area contributed by atoms with E-state index in [9.17, 15) is 4.39 Å². The van der Waals surface area contributed by atoms with E-state index in [1.54, 1.807) is 31.4 Å². The highest BCUT2D eigenvalue weighted by Gasteiger charge is 2.25. The first-order valence-electron chi connectivity index (χ1n) is 11.8. The molecule has 1 N–H and O–H groups in total. The molecule has 0 spiro atoms. The zero-order valence-corrected chi connectivity index (χ0v) is 19.6. The molecule has 1 aromatic carbocycles. The number of halogens is 1. The van der Waals surface area contributed by atoms with Crippen molar-refractivity contribution in [2.45, 2.75) is 37.8 Å². The van der Waals surface area contributed by atoms with Crippen LogP contribution < -0.4 is 19.9 Å². The smallest absolute Gasteiger partial charge is 0.207 e. The Morgan fingerprint density at radius 2 is 1.79 bits per heavy atom. The number of hydrogen-bond acceptors (Lipinski definition) is 9. The van der Waals surface area contributed by atoms with E-state index in [0.717, 1.165) is 61.2 Å². The van der Waals surface area contributed by atoms with Crippen LogP contribution in [0.4, 0.5) is 21.7 Å². The molecule has 5 rings (SSSR count). The molecule has 1 saturated heterocycles. The summed E-state index contributed by atoms with van der Waals surface area (Å²) in [6.45, 7) is 3.12. The lowest BCUT2D eigenvalue weighted by molar-refractivity contribution is 0.122. The van der Waals surface area contributed by atoms with Gasteiger partial charge in [-0.3, -0.25) is 4.98 Å². The van der Waals surface area contributed by atoms with E-state index in [2.05, 4.69) is 42.3 Å². The Morgan fingerprint density at radius 1 is 1.03 bits per heavy atom. The molecule has 2 aliphatic rings. The van der Waals surface area contributed by atoms with Gasteiger partial charge in [0.25, 0.3) is 0 Å². The highest BCUT2D eigenvalue weighted by atomic mass is 19.1. The Balaban J connectivity index is 1.27. The van der Waals surface area contributed by atoms with E-state index in [4.69, 9.17) is 9.47 Å². The fourth-order valence-electron chi connectivity index (χ4n) is 4.59. The van der Waals surface area contributed by atoms with Gasteiger partial charge in [-0.2, -0.15) is 4.39 Å². The Hall–Kier alpha value is -3.27. The Morgan fingerprint density at radius 3 is 2.56 bits per heavy atom. The second kappa shape index (κ2) is 9.92. The first-order chi connectivity index (χ1) is 16.6. The van der Waals surface area contributed by atoms with E-state index in [1.165, 1.54) is 6.33 Å². The molecule has 0 atom stereocenters. The summed E-state index contributed by atoms with van der Waals surface area (Å²) in [6, 6.07) is 4.28. The molecule has 9 nitrogen and oxygen atoms in total. The van der Waals surface area contributed by atoms with Crippen molar-refractivity contribution in [1.29, 1.82) is 0 Å². The molecular formula is C24H30FN7O2. The predicted molar refractivity (Wildman–Crippen MR) is 129 cm³/mol. The van der Waals surface area contributed by atoms with Gasteiger partial charge in [0.15, 0.2) is 11.6 Å². The number of nitrogens with one attached hydrogen (secondary N) is 1. The monoisotopic (exact) mass is 467 g/mol. The molecule has 34 heavy (non-hydrogen) atoms. The average Bonchev–Trinajstić information content (AvgIpc) is 2.87. The number of ether oxygens (including phenoxy) is 2. The molecule has 1 aliphatic heterocycles. The summed E-state index contributed by atoms with van der Waals surface area (Å²) in [7, 11) is 3.53. The number of fused-ring (bicyclic) bond motifs is 1. The summed E-state index contributed by atoms with van der Waals surface area (Å²) >= 11 is 0. The summed E-state index contributed by atoms with van der Waals surface area (Å²) in [5.74, 6) is 0.877. The van der Waals surface area contributed by atoms with Crippen molar-refractivity contribution in [3.63, 3.8) is 0 Å². The number of nitrogens with zero attached hydrogens (tertiary/aromatic N) is 6. The summed E-state index contributed by atoms with van der Waals surface area (Å²) in [6.07, 6.45) is 8.29. The summed E-state index contributed by atoms with van der Waals surface area (Å²) in [5.41, 5.74) is 2.68. The van der Waals surface area contributed by atoms with Gasteiger partial charge in [-0.05, 0) is 31.7 Å². The third-order valence-corrected chi connectivity index (χ3v) is 6.40. The number of morpholine rings is 1. The molecule has 0 radical (unpaired) electrons. The Bertz CT molecular complexity index is 1130. The minimum Gasteiger partial charge on any atom is -0.488 e. The molecule has 0 unspecified atom stereocenters. The fraction of sp³-hybridized carbons (Fsp3) is 0.500. The van der Waals surface area contributed by atoms with Crippen LogP contribution in [0, 0.1) is 5.82 Å². The van der Waals surface area contributed by atoms with Crippen LogP contribution in [-0.2, 0) is 4.74 Å². The molecule has 1 aliphatic carbocycles. The van der Waals surface area contributed by atoms with Crippen LogP contribution in [0.2, 0.25) is 0 Å². The first kappa shape index (κ1) is 22.5. The van der Waals surface area contributed by atoms with Gasteiger partial charge < -0.3 is 24.6 Å². The highest BCUT2D eigenvalue weighted by Crippen LogP contribution is 2.33. The summed E-state index contributed by atoms with van der Waals surface area (Å²) in [4.78, 5) is 21.1. The van der Waals surface area contributed by atoms with Crippen molar-refractivity contribution < 1.29 is 13.9 Å². The highest BCUT2D eigenvalue weighted by molar-refractivity contribution is 5.85. The largest absolute Gasteiger partial charge is 0.488 e. The number of aromatic nitrogens is 4. The van der Waals surface area contributed by atoms with Gasteiger partial charge in [0, 0.05) is 57.4 Å². The second-order valence-electron chi connectivity index (χ2n) is 8.96. The van der Waals surface area contributed by atoms with E-state index < -0.39 is 5.82 Å². The fourth-order valence-corrected chi connectivity index (χ4v) is 4.59. The van der Waals surface area contributed by atoms with Crippen LogP contribution in [0.15, 0.2) is 30.9 Å². The van der Waals surface area contributed by atoms with Crippen LogP contribution in [0.25, 0.3) is 11.0 Å². The molecule has 10 heteroatoms. The summed E-state index contributed by atoms with van der Waals surface area (Å²) < 4.78 is 26.7. The van der Waals surface area contributed by atoms with Crippen molar-refractivity contribution in [2.24, 2.45) is 0 Å². The van der Waals surface area contributed by atoms with Crippen LogP contribution >= 0.6 is 0 Å². The normalized spacial score (nSPS) is 20.9. The van der Waals surface area contributed by atoms with Gasteiger partial charge in [-0.1, -0.05) is 0 Å². The molecule has 0 bridgehead atoms. The van der Waals surface area contributed by atoms with Gasteiger partial charge in [-0.15, -0.1) is 0 Å². The van der Waals surface area contributed by atoms with E-state index in [0.29, 0.717) is 13.2 Å². The lowest BCUT2D eigenvalue weighted by Crippen LogP contribution is -2.36. The zero-order valence-electron chi connectivity index (χ0n) is 19.6. The van der Waals surface area contributed by atoms with Crippen LogP contribution in [0.1, 0.15) is 25.7 Å². The van der Waals surface area contributed by atoms with Crippen LogP contribution in [0.5, 0.6) is 5.75 Å². The minimum atomic E-state index is -0.421. The molecule has 3 aromatic rings. The quantitative estimate of drug-likeness (QED) is 0.587. The molecular weight excluding hydrogens is 437 g/mol. The van der Waals surface area contributed by atoms with Crippen molar-refractivity contribution in [2.75, 3.05) is 55.5 Å². The molecule has 3 heterocycles. The molecule has 2 aromatic heterocycles. The lowest BCUT2D eigenvalue weighted by Gasteiger charge is -2.31. The van der Waals surface area contributed by atoms with Crippen LogP contribution in [-0.4, -0.2) is 72.5 Å². The molecule has 1 saturated carbocycles. The molecule has 2 fully saturated rings. The van der Waals surface area contributed by atoms with E-state index >= 15 is 0 Å². The second-order valence-corrected chi connectivity index (χ2v) is 8.96. The van der Waals surface area contributed by atoms with Crippen molar-refractivity contribution in [3.8, 4) is 5.75 Å².